The largest absolute Gasteiger partial charge is 0.375 e. The highest BCUT2D eigenvalue weighted by Crippen LogP contribution is 2.36. The van der Waals surface area contributed by atoms with Crippen LogP contribution in [0.1, 0.15) is 19.3 Å². The zero-order valence-corrected chi connectivity index (χ0v) is 16.3. The van der Waals surface area contributed by atoms with Crippen molar-refractivity contribution in [1.29, 1.82) is 0 Å². The van der Waals surface area contributed by atoms with Crippen molar-refractivity contribution in [2.24, 2.45) is 0 Å². The third-order valence-electron chi connectivity index (χ3n) is 4.52. The van der Waals surface area contributed by atoms with E-state index in [0.717, 1.165) is 30.0 Å². The van der Waals surface area contributed by atoms with Crippen molar-refractivity contribution >= 4 is 35.0 Å². The maximum atomic E-state index is 12.2. The number of thioether (sulfide) groups is 1. The fourth-order valence-electron chi connectivity index (χ4n) is 2.98. The minimum absolute atomic E-state index is 0.0709. The first kappa shape index (κ1) is 19.3. The van der Waals surface area contributed by atoms with E-state index in [9.17, 15) is 9.59 Å². The lowest BCUT2D eigenvalue weighted by Gasteiger charge is -2.23. The Bertz CT molecular complexity index is 782. The third-order valence-corrected chi connectivity index (χ3v) is 5.79. The molecule has 0 aliphatic carbocycles. The molecule has 0 radical (unpaired) electrons. The molecule has 2 aromatic rings. The lowest BCUT2D eigenvalue weighted by atomic mass is 10.2. The molecule has 0 saturated carbocycles. The van der Waals surface area contributed by atoms with Crippen molar-refractivity contribution in [1.82, 2.24) is 5.32 Å². The average Bonchev–Trinajstić information content (AvgIpc) is 2.69. The van der Waals surface area contributed by atoms with Crippen LogP contribution in [0.2, 0.25) is 0 Å². The van der Waals surface area contributed by atoms with Gasteiger partial charge in [0.2, 0.25) is 11.8 Å². The second-order valence-corrected chi connectivity index (χ2v) is 7.85. The first-order valence-corrected chi connectivity index (χ1v) is 10.1. The van der Waals surface area contributed by atoms with Gasteiger partial charge in [0.1, 0.15) is 0 Å². The topological polar surface area (TPSA) is 61.4 Å². The number of rotatable bonds is 8. The quantitative estimate of drug-likeness (QED) is 0.685. The SMILES string of the molecule is CN(CCCCNC(=O)CC1Sc2ccccc2NC1=O)c1ccccc1. The molecule has 3 rings (SSSR count). The summed E-state index contributed by atoms with van der Waals surface area (Å²) in [6, 6.07) is 17.9. The number of carbonyl (C=O) groups is 2. The molecule has 0 saturated heterocycles. The van der Waals surface area contributed by atoms with Gasteiger partial charge in [-0.3, -0.25) is 9.59 Å². The summed E-state index contributed by atoms with van der Waals surface area (Å²) >= 11 is 1.46. The zero-order chi connectivity index (χ0) is 19.1. The molecule has 1 unspecified atom stereocenters. The fraction of sp³-hybridized carbons (Fsp3) is 0.333. The van der Waals surface area contributed by atoms with Gasteiger partial charge in [0.25, 0.3) is 0 Å². The molecular weight excluding hydrogens is 358 g/mol. The van der Waals surface area contributed by atoms with Crippen LogP contribution in [0.4, 0.5) is 11.4 Å². The molecule has 2 aromatic carbocycles. The molecule has 1 aliphatic heterocycles. The van der Waals surface area contributed by atoms with Gasteiger partial charge in [-0.25, -0.2) is 0 Å². The Labute approximate surface area is 164 Å². The first-order chi connectivity index (χ1) is 13.1. The summed E-state index contributed by atoms with van der Waals surface area (Å²) in [5.74, 6) is -0.170. The van der Waals surface area contributed by atoms with E-state index in [1.54, 1.807) is 0 Å². The van der Waals surface area contributed by atoms with E-state index >= 15 is 0 Å². The van der Waals surface area contributed by atoms with E-state index in [2.05, 4.69) is 34.7 Å². The number of amides is 2. The number of para-hydroxylation sites is 2. The van der Waals surface area contributed by atoms with Crippen LogP contribution in [-0.2, 0) is 9.59 Å². The number of benzene rings is 2. The van der Waals surface area contributed by atoms with Crippen molar-refractivity contribution in [3.05, 3.63) is 54.6 Å². The molecule has 1 heterocycles. The maximum Gasteiger partial charge on any atom is 0.238 e. The molecule has 0 aromatic heterocycles. The molecule has 27 heavy (non-hydrogen) atoms. The Morgan fingerprint density at radius 3 is 2.67 bits per heavy atom. The van der Waals surface area contributed by atoms with E-state index in [1.807, 2.05) is 42.5 Å². The molecule has 5 nitrogen and oxygen atoms in total. The highest BCUT2D eigenvalue weighted by Gasteiger charge is 2.28. The summed E-state index contributed by atoms with van der Waals surface area (Å²) in [6.45, 7) is 1.58. The van der Waals surface area contributed by atoms with Crippen molar-refractivity contribution in [2.45, 2.75) is 29.4 Å². The van der Waals surface area contributed by atoms with Gasteiger partial charge in [0.05, 0.1) is 10.9 Å². The van der Waals surface area contributed by atoms with Crippen LogP contribution in [0.25, 0.3) is 0 Å². The Hall–Kier alpha value is -2.47. The summed E-state index contributed by atoms with van der Waals surface area (Å²) < 4.78 is 0. The highest BCUT2D eigenvalue weighted by molar-refractivity contribution is 8.01. The number of anilines is 2. The summed E-state index contributed by atoms with van der Waals surface area (Å²) in [7, 11) is 2.07. The highest BCUT2D eigenvalue weighted by atomic mass is 32.2. The predicted molar refractivity (Wildman–Crippen MR) is 111 cm³/mol. The predicted octanol–water partition coefficient (Wildman–Crippen LogP) is 3.52. The van der Waals surface area contributed by atoms with E-state index < -0.39 is 0 Å². The molecular formula is C21H25N3O2S. The minimum atomic E-state index is -0.371. The normalized spacial score (nSPS) is 15.6. The third kappa shape index (κ3) is 5.50. The number of unbranched alkanes of at least 4 members (excludes halogenated alkanes) is 1. The zero-order valence-electron chi connectivity index (χ0n) is 15.5. The van der Waals surface area contributed by atoms with Crippen LogP contribution >= 0.6 is 11.8 Å². The van der Waals surface area contributed by atoms with Gasteiger partial charge in [0.15, 0.2) is 0 Å². The number of hydrogen-bond donors (Lipinski definition) is 2. The van der Waals surface area contributed by atoms with Crippen LogP contribution < -0.4 is 15.5 Å². The number of nitrogens with one attached hydrogen (secondary N) is 2. The van der Waals surface area contributed by atoms with Crippen molar-refractivity contribution in [2.75, 3.05) is 30.4 Å². The first-order valence-electron chi connectivity index (χ1n) is 9.23. The Morgan fingerprint density at radius 1 is 1.11 bits per heavy atom. The van der Waals surface area contributed by atoms with Crippen LogP contribution in [0.5, 0.6) is 0 Å². The number of carbonyl (C=O) groups excluding carboxylic acids is 2. The van der Waals surface area contributed by atoms with Gasteiger partial charge in [-0.15, -0.1) is 11.8 Å². The summed E-state index contributed by atoms with van der Waals surface area (Å²) in [6.07, 6.45) is 2.11. The van der Waals surface area contributed by atoms with Crippen LogP contribution in [0.15, 0.2) is 59.5 Å². The molecule has 2 N–H and O–H groups in total. The van der Waals surface area contributed by atoms with Crippen LogP contribution in [0.3, 0.4) is 0 Å². The second-order valence-electron chi connectivity index (χ2n) is 6.61. The van der Waals surface area contributed by atoms with Gasteiger partial charge in [-0.05, 0) is 37.1 Å². The fourth-order valence-corrected chi connectivity index (χ4v) is 4.09. The van der Waals surface area contributed by atoms with Crippen molar-refractivity contribution in [3.8, 4) is 0 Å². The van der Waals surface area contributed by atoms with E-state index in [4.69, 9.17) is 0 Å². The van der Waals surface area contributed by atoms with Crippen LogP contribution in [0, 0.1) is 0 Å². The smallest absolute Gasteiger partial charge is 0.238 e. The number of hydrogen-bond acceptors (Lipinski definition) is 4. The van der Waals surface area contributed by atoms with Gasteiger partial charge >= 0.3 is 0 Å². The molecule has 0 spiro atoms. The van der Waals surface area contributed by atoms with E-state index in [-0.39, 0.29) is 23.5 Å². The molecule has 0 fully saturated rings. The molecule has 2 amide bonds. The van der Waals surface area contributed by atoms with Gasteiger partial charge in [-0.2, -0.15) is 0 Å². The Kier molecular flexibility index (Phi) is 6.76. The Balaban J connectivity index is 1.35. The second kappa shape index (κ2) is 9.46. The lowest BCUT2D eigenvalue weighted by Crippen LogP contribution is -2.35. The summed E-state index contributed by atoms with van der Waals surface area (Å²) in [4.78, 5) is 27.6. The monoisotopic (exact) mass is 383 g/mol. The van der Waals surface area contributed by atoms with Crippen LogP contribution in [-0.4, -0.2) is 37.2 Å². The number of nitrogens with zero attached hydrogens (tertiary/aromatic N) is 1. The molecule has 142 valence electrons. The van der Waals surface area contributed by atoms with Gasteiger partial charge in [-0.1, -0.05) is 30.3 Å². The summed E-state index contributed by atoms with van der Waals surface area (Å²) in [5, 5.41) is 5.44. The maximum absolute atomic E-state index is 12.2. The Morgan fingerprint density at radius 2 is 1.85 bits per heavy atom. The molecule has 0 bridgehead atoms. The van der Waals surface area contributed by atoms with Gasteiger partial charge in [0, 0.05) is 37.1 Å². The number of fused-ring (bicyclic) bond motifs is 1. The molecule has 1 atom stereocenters. The van der Waals surface area contributed by atoms with Crippen molar-refractivity contribution in [3.63, 3.8) is 0 Å². The standard InChI is InChI=1S/C21H25N3O2S/c1-24(16-9-3-2-4-10-16)14-8-7-13-22-20(25)15-19-21(26)23-17-11-5-6-12-18(17)27-19/h2-6,9-12,19H,7-8,13-15H2,1H3,(H,22,25)(H,23,26). The van der Waals surface area contributed by atoms with E-state index in [0.29, 0.717) is 6.54 Å². The summed E-state index contributed by atoms with van der Waals surface area (Å²) in [5.41, 5.74) is 2.02. The minimum Gasteiger partial charge on any atom is -0.375 e. The van der Waals surface area contributed by atoms with Crippen molar-refractivity contribution < 1.29 is 9.59 Å². The van der Waals surface area contributed by atoms with Gasteiger partial charge < -0.3 is 15.5 Å². The molecule has 1 aliphatic rings. The lowest BCUT2D eigenvalue weighted by molar-refractivity contribution is -0.124. The van der Waals surface area contributed by atoms with E-state index in [1.165, 1.54) is 17.4 Å². The average molecular weight is 384 g/mol. The molecule has 6 heteroatoms.